The summed E-state index contributed by atoms with van der Waals surface area (Å²) in [5.41, 5.74) is 1.81. The highest BCUT2D eigenvalue weighted by Crippen LogP contribution is 2.38. The second-order valence-electron chi connectivity index (χ2n) is 7.00. The molecule has 9 heteroatoms. The molecule has 0 atom stereocenters. The zero-order valence-corrected chi connectivity index (χ0v) is 22.2. The molecule has 0 bridgehead atoms. The van der Waals surface area contributed by atoms with Gasteiger partial charge in [-0.25, -0.2) is 14.6 Å². The van der Waals surface area contributed by atoms with Crippen molar-refractivity contribution in [3.8, 4) is 11.5 Å². The predicted octanol–water partition coefficient (Wildman–Crippen LogP) is 6.67. The number of hydrogen-bond acceptors (Lipinski definition) is 6. The van der Waals surface area contributed by atoms with Crippen molar-refractivity contribution < 1.29 is 23.8 Å². The smallest absolute Gasteiger partial charge is 0.363 e. The van der Waals surface area contributed by atoms with Crippen LogP contribution in [0.25, 0.3) is 6.08 Å². The first-order valence-electron chi connectivity index (χ1n) is 10.1. The molecule has 1 aliphatic rings. The van der Waals surface area contributed by atoms with E-state index in [4.69, 9.17) is 25.8 Å². The minimum absolute atomic E-state index is 0.147. The lowest BCUT2D eigenvalue weighted by Gasteiger charge is -2.13. The van der Waals surface area contributed by atoms with E-state index in [0.717, 1.165) is 3.57 Å². The van der Waals surface area contributed by atoms with E-state index in [9.17, 15) is 9.59 Å². The number of aliphatic imine (C=N–C) groups is 1. The molecule has 172 valence electrons. The van der Waals surface area contributed by atoms with E-state index >= 15 is 0 Å². The van der Waals surface area contributed by atoms with Gasteiger partial charge in [0.05, 0.1) is 16.6 Å². The summed E-state index contributed by atoms with van der Waals surface area (Å²) in [6.45, 7) is 2.16. The Morgan fingerprint density at radius 3 is 2.53 bits per heavy atom. The fourth-order valence-corrected chi connectivity index (χ4v) is 4.08. The van der Waals surface area contributed by atoms with Gasteiger partial charge in [-0.05, 0) is 118 Å². The average Bonchev–Trinajstić information content (AvgIpc) is 3.17. The van der Waals surface area contributed by atoms with Crippen LogP contribution in [-0.4, -0.2) is 24.4 Å². The molecule has 0 radical (unpaired) electrons. The SMILES string of the molecule is CCOc1cc(/C=C2\N=C(c3ccc(I)cc3)OC2=O)cc(Br)c1OC(=O)c1ccc(Cl)cc1. The van der Waals surface area contributed by atoms with Crippen molar-refractivity contribution in [2.75, 3.05) is 6.61 Å². The molecule has 0 aliphatic carbocycles. The molecular formula is C25H16BrClINO5. The number of cyclic esters (lactones) is 1. The van der Waals surface area contributed by atoms with E-state index in [2.05, 4.69) is 43.5 Å². The molecule has 1 aliphatic heterocycles. The monoisotopic (exact) mass is 651 g/mol. The minimum Gasteiger partial charge on any atom is -0.490 e. The minimum atomic E-state index is -0.560. The molecule has 0 unspecified atom stereocenters. The number of carbonyl (C=O) groups is 2. The van der Waals surface area contributed by atoms with Gasteiger partial charge in [0.1, 0.15) is 0 Å². The largest absolute Gasteiger partial charge is 0.490 e. The summed E-state index contributed by atoms with van der Waals surface area (Å²) in [5, 5.41) is 0.517. The number of halogens is 3. The van der Waals surface area contributed by atoms with Crippen LogP contribution in [0.2, 0.25) is 5.02 Å². The first-order valence-corrected chi connectivity index (χ1v) is 12.3. The lowest BCUT2D eigenvalue weighted by atomic mass is 10.1. The first kappa shape index (κ1) is 24.4. The van der Waals surface area contributed by atoms with Gasteiger partial charge in [0.25, 0.3) is 0 Å². The summed E-state index contributed by atoms with van der Waals surface area (Å²) in [7, 11) is 0. The van der Waals surface area contributed by atoms with Gasteiger partial charge in [0, 0.05) is 14.2 Å². The molecule has 0 aromatic heterocycles. The average molecular weight is 653 g/mol. The van der Waals surface area contributed by atoms with E-state index in [0.29, 0.717) is 38.5 Å². The Morgan fingerprint density at radius 2 is 1.85 bits per heavy atom. The maximum atomic E-state index is 12.6. The summed E-state index contributed by atoms with van der Waals surface area (Å²) in [4.78, 5) is 29.3. The maximum absolute atomic E-state index is 12.6. The Bertz CT molecular complexity index is 1320. The van der Waals surface area contributed by atoms with Gasteiger partial charge < -0.3 is 14.2 Å². The molecule has 4 rings (SSSR count). The summed E-state index contributed by atoms with van der Waals surface area (Å²) < 4.78 is 18.2. The lowest BCUT2D eigenvalue weighted by Crippen LogP contribution is -2.10. The lowest BCUT2D eigenvalue weighted by molar-refractivity contribution is -0.129. The highest BCUT2D eigenvalue weighted by molar-refractivity contribution is 14.1. The number of rotatable bonds is 6. The highest BCUT2D eigenvalue weighted by Gasteiger charge is 2.25. The maximum Gasteiger partial charge on any atom is 0.363 e. The van der Waals surface area contributed by atoms with Crippen molar-refractivity contribution in [2.24, 2.45) is 4.99 Å². The Morgan fingerprint density at radius 1 is 1.15 bits per heavy atom. The summed E-state index contributed by atoms with van der Waals surface area (Å²) >= 11 is 11.5. The molecule has 0 amide bonds. The molecule has 0 saturated carbocycles. The van der Waals surface area contributed by atoms with Crippen molar-refractivity contribution in [2.45, 2.75) is 6.92 Å². The number of carbonyl (C=O) groups excluding carboxylic acids is 2. The van der Waals surface area contributed by atoms with Crippen LogP contribution in [0.3, 0.4) is 0 Å². The summed E-state index contributed by atoms with van der Waals surface area (Å²) in [5.74, 6) is -0.318. The molecule has 0 saturated heterocycles. The van der Waals surface area contributed by atoms with Crippen LogP contribution in [-0.2, 0) is 9.53 Å². The zero-order chi connectivity index (χ0) is 24.2. The highest BCUT2D eigenvalue weighted by atomic mass is 127. The van der Waals surface area contributed by atoms with Gasteiger partial charge in [-0.1, -0.05) is 11.6 Å². The van der Waals surface area contributed by atoms with Crippen LogP contribution in [0, 0.1) is 3.57 Å². The second-order valence-corrected chi connectivity index (χ2v) is 9.54. The fraction of sp³-hybridized carbons (Fsp3) is 0.0800. The van der Waals surface area contributed by atoms with Crippen molar-refractivity contribution in [1.29, 1.82) is 0 Å². The van der Waals surface area contributed by atoms with E-state index in [1.165, 1.54) is 0 Å². The predicted molar refractivity (Wildman–Crippen MR) is 141 cm³/mol. The number of benzene rings is 3. The topological polar surface area (TPSA) is 74.2 Å². The van der Waals surface area contributed by atoms with Crippen LogP contribution < -0.4 is 9.47 Å². The van der Waals surface area contributed by atoms with E-state index in [1.807, 2.05) is 31.2 Å². The van der Waals surface area contributed by atoms with Crippen molar-refractivity contribution >= 4 is 74.0 Å². The Hall–Kier alpha value is -2.69. The first-order chi connectivity index (χ1) is 16.3. The third-order valence-corrected chi connectivity index (χ3v) is 6.18. The van der Waals surface area contributed by atoms with Crippen LogP contribution in [0.5, 0.6) is 11.5 Å². The standard InChI is InChI=1S/C25H16BrClINO5/c1-2-32-21-13-14(11-19(26)22(21)33-24(30)16-3-7-17(27)8-4-16)12-20-25(31)34-23(29-20)15-5-9-18(28)10-6-15/h3-13H,2H2,1H3/b20-12-. The molecule has 3 aromatic rings. The molecule has 0 fully saturated rings. The Balaban J connectivity index is 1.63. The molecule has 0 N–H and O–H groups in total. The van der Waals surface area contributed by atoms with Gasteiger partial charge in [-0.3, -0.25) is 0 Å². The molecule has 34 heavy (non-hydrogen) atoms. The fourth-order valence-electron chi connectivity index (χ4n) is 3.05. The summed E-state index contributed by atoms with van der Waals surface area (Å²) in [6.07, 6.45) is 1.58. The van der Waals surface area contributed by atoms with Gasteiger partial charge in [0.2, 0.25) is 5.90 Å². The number of nitrogens with zero attached hydrogens (tertiary/aromatic N) is 1. The van der Waals surface area contributed by atoms with E-state index in [-0.39, 0.29) is 17.3 Å². The van der Waals surface area contributed by atoms with E-state index < -0.39 is 11.9 Å². The second kappa shape index (κ2) is 10.7. The van der Waals surface area contributed by atoms with Gasteiger partial charge in [0.15, 0.2) is 17.2 Å². The molecule has 0 spiro atoms. The van der Waals surface area contributed by atoms with Crippen LogP contribution in [0.1, 0.15) is 28.4 Å². The van der Waals surface area contributed by atoms with Gasteiger partial charge in [-0.2, -0.15) is 0 Å². The molecule has 6 nitrogen and oxygen atoms in total. The van der Waals surface area contributed by atoms with E-state index in [1.54, 1.807) is 42.5 Å². The van der Waals surface area contributed by atoms with Crippen LogP contribution in [0.15, 0.2) is 75.8 Å². The van der Waals surface area contributed by atoms with Gasteiger partial charge in [-0.15, -0.1) is 0 Å². The number of ether oxygens (including phenoxy) is 3. The number of esters is 2. The third kappa shape index (κ3) is 5.68. The Labute approximate surface area is 222 Å². The van der Waals surface area contributed by atoms with Crippen LogP contribution >= 0.6 is 50.1 Å². The molecule has 3 aromatic carbocycles. The zero-order valence-electron chi connectivity index (χ0n) is 17.7. The quantitative estimate of drug-likeness (QED) is 0.129. The number of hydrogen-bond donors (Lipinski definition) is 0. The molecular weight excluding hydrogens is 637 g/mol. The van der Waals surface area contributed by atoms with Crippen molar-refractivity contribution in [3.05, 3.63) is 96.1 Å². The summed E-state index contributed by atoms with van der Waals surface area (Å²) in [6, 6.07) is 17.2. The van der Waals surface area contributed by atoms with Crippen molar-refractivity contribution in [3.63, 3.8) is 0 Å². The van der Waals surface area contributed by atoms with Crippen molar-refractivity contribution in [1.82, 2.24) is 0 Å². The van der Waals surface area contributed by atoms with Gasteiger partial charge >= 0.3 is 11.9 Å². The molecule has 1 heterocycles. The Kier molecular flexibility index (Phi) is 7.70. The van der Waals surface area contributed by atoms with Crippen LogP contribution in [0.4, 0.5) is 0 Å². The normalized spacial score (nSPS) is 14.1. The third-order valence-electron chi connectivity index (χ3n) is 4.62.